The number of hydrogen-bond acceptors (Lipinski definition) is 6. The van der Waals surface area contributed by atoms with Crippen LogP contribution in [0.2, 0.25) is 0 Å². The molecule has 1 atom stereocenters. The maximum Gasteiger partial charge on any atom is 0.408 e. The van der Waals surface area contributed by atoms with Crippen molar-refractivity contribution in [2.75, 3.05) is 5.75 Å². The van der Waals surface area contributed by atoms with Crippen molar-refractivity contribution >= 4 is 28.9 Å². The van der Waals surface area contributed by atoms with Crippen LogP contribution in [0.1, 0.15) is 39.7 Å². The van der Waals surface area contributed by atoms with Crippen LogP contribution in [0.4, 0.5) is 4.79 Å². The minimum atomic E-state index is -0.983. The molecule has 1 N–H and O–H groups in total. The topological polar surface area (TPSA) is 81.7 Å². The van der Waals surface area contributed by atoms with Crippen molar-refractivity contribution in [3.63, 3.8) is 0 Å². The number of thioether (sulfide) groups is 1. The van der Waals surface area contributed by atoms with Gasteiger partial charge in [-0.25, -0.2) is 4.79 Å². The second kappa shape index (κ2) is 10.1. The first-order chi connectivity index (χ1) is 11.7. The van der Waals surface area contributed by atoms with E-state index in [9.17, 15) is 14.4 Å². The van der Waals surface area contributed by atoms with Gasteiger partial charge in [-0.05, 0) is 32.1 Å². The first kappa shape index (κ1) is 21.0. The molecule has 0 aliphatic carbocycles. The third-order valence-corrected chi connectivity index (χ3v) is 3.72. The number of rotatable bonds is 7. The van der Waals surface area contributed by atoms with Crippen molar-refractivity contribution in [2.45, 2.75) is 52.4 Å². The number of benzene rings is 1. The minimum Gasteiger partial charge on any atom is -0.460 e. The number of amides is 1. The molecule has 138 valence electrons. The van der Waals surface area contributed by atoms with Gasteiger partial charge in [0.1, 0.15) is 18.2 Å². The Labute approximate surface area is 152 Å². The Morgan fingerprint density at radius 2 is 1.80 bits per heavy atom. The van der Waals surface area contributed by atoms with Crippen LogP contribution in [-0.2, 0) is 25.7 Å². The monoisotopic (exact) mass is 367 g/mol. The molecule has 1 amide bonds. The van der Waals surface area contributed by atoms with Crippen LogP contribution in [0, 0.1) is 0 Å². The molecule has 0 aliphatic heterocycles. The van der Waals surface area contributed by atoms with E-state index < -0.39 is 23.7 Å². The van der Waals surface area contributed by atoms with Gasteiger partial charge in [0.25, 0.3) is 0 Å². The Morgan fingerprint density at radius 3 is 2.36 bits per heavy atom. The van der Waals surface area contributed by atoms with E-state index in [2.05, 4.69) is 5.32 Å². The zero-order chi connectivity index (χ0) is 18.9. The predicted octanol–water partition coefficient (Wildman–Crippen LogP) is 3.29. The molecule has 0 heterocycles. The third-order valence-electron chi connectivity index (χ3n) is 2.87. The lowest BCUT2D eigenvalue weighted by Gasteiger charge is -2.22. The van der Waals surface area contributed by atoms with Crippen LogP contribution in [-0.4, -0.2) is 34.6 Å². The zero-order valence-electron chi connectivity index (χ0n) is 15.0. The van der Waals surface area contributed by atoms with Gasteiger partial charge in [-0.1, -0.05) is 49.0 Å². The molecule has 0 fully saturated rings. The SMILES string of the molecule is CCSC(=O)[C@H](CC(=O)OC(C)(C)C)NC(=O)OCc1ccccc1. The van der Waals surface area contributed by atoms with Gasteiger partial charge in [-0.15, -0.1) is 0 Å². The Kier molecular flexibility index (Phi) is 8.48. The molecule has 1 rings (SSSR count). The lowest BCUT2D eigenvalue weighted by Crippen LogP contribution is -2.42. The van der Waals surface area contributed by atoms with Crippen molar-refractivity contribution in [1.82, 2.24) is 5.32 Å². The summed E-state index contributed by atoms with van der Waals surface area (Å²) in [6, 6.07) is 8.20. The molecular formula is C18H25NO5S. The molecule has 0 bridgehead atoms. The fourth-order valence-corrected chi connectivity index (χ4v) is 2.52. The summed E-state index contributed by atoms with van der Waals surface area (Å²) in [7, 11) is 0. The minimum absolute atomic E-state index is 0.0843. The van der Waals surface area contributed by atoms with Gasteiger partial charge in [-0.2, -0.15) is 0 Å². The highest BCUT2D eigenvalue weighted by Crippen LogP contribution is 2.13. The maximum atomic E-state index is 12.1. The number of ether oxygens (including phenoxy) is 2. The average Bonchev–Trinajstić information content (AvgIpc) is 2.51. The van der Waals surface area contributed by atoms with E-state index >= 15 is 0 Å². The summed E-state index contributed by atoms with van der Waals surface area (Å²) in [5.41, 5.74) is 0.173. The first-order valence-electron chi connectivity index (χ1n) is 8.07. The number of carbonyl (C=O) groups excluding carboxylic acids is 3. The summed E-state index contributed by atoms with van der Waals surface area (Å²) in [5.74, 6) is -0.00405. The number of carbonyl (C=O) groups is 3. The number of alkyl carbamates (subject to hydrolysis) is 1. The maximum absolute atomic E-state index is 12.1. The summed E-state index contributed by atoms with van der Waals surface area (Å²) in [4.78, 5) is 36.1. The van der Waals surface area contributed by atoms with Crippen molar-refractivity contribution in [3.8, 4) is 0 Å². The lowest BCUT2D eigenvalue weighted by atomic mass is 10.2. The van der Waals surface area contributed by atoms with E-state index in [0.29, 0.717) is 5.75 Å². The molecule has 6 nitrogen and oxygen atoms in total. The summed E-state index contributed by atoms with van der Waals surface area (Å²) >= 11 is 1.04. The van der Waals surface area contributed by atoms with Crippen LogP contribution in [0.5, 0.6) is 0 Å². The normalized spacial score (nSPS) is 12.2. The van der Waals surface area contributed by atoms with E-state index in [4.69, 9.17) is 9.47 Å². The summed E-state index contributed by atoms with van der Waals surface area (Å²) < 4.78 is 10.3. The van der Waals surface area contributed by atoms with Crippen LogP contribution in [0.25, 0.3) is 0 Å². The molecule has 0 radical (unpaired) electrons. The van der Waals surface area contributed by atoms with E-state index in [1.807, 2.05) is 37.3 Å². The average molecular weight is 367 g/mol. The third kappa shape index (κ3) is 9.14. The second-order valence-electron chi connectivity index (χ2n) is 6.30. The molecule has 0 saturated carbocycles. The molecule has 7 heteroatoms. The highest BCUT2D eigenvalue weighted by Gasteiger charge is 2.27. The van der Waals surface area contributed by atoms with E-state index in [1.165, 1.54) is 0 Å². The van der Waals surface area contributed by atoms with Crippen LogP contribution >= 0.6 is 11.8 Å². The Bertz CT molecular complexity index is 583. The van der Waals surface area contributed by atoms with Crippen molar-refractivity contribution < 1.29 is 23.9 Å². The molecular weight excluding hydrogens is 342 g/mol. The molecule has 0 saturated heterocycles. The summed E-state index contributed by atoms with van der Waals surface area (Å²) in [5, 5.41) is 2.16. The Morgan fingerprint density at radius 1 is 1.16 bits per heavy atom. The Hall–Kier alpha value is -2.02. The standard InChI is InChI=1S/C18H25NO5S/c1-5-25-16(21)14(11-15(20)24-18(2,3)4)19-17(22)23-12-13-9-7-6-8-10-13/h6-10,14H,5,11-12H2,1-4H3,(H,19,22)/t14-/m0/s1. The van der Waals surface area contributed by atoms with Gasteiger partial charge in [0.05, 0.1) is 6.42 Å². The van der Waals surface area contributed by atoms with Gasteiger partial charge in [0.15, 0.2) is 0 Å². The van der Waals surface area contributed by atoms with Crippen LogP contribution in [0.15, 0.2) is 30.3 Å². The highest BCUT2D eigenvalue weighted by atomic mass is 32.2. The molecule has 25 heavy (non-hydrogen) atoms. The largest absolute Gasteiger partial charge is 0.460 e. The molecule has 0 aromatic heterocycles. The molecule has 0 spiro atoms. The molecule has 1 aromatic rings. The number of nitrogens with one attached hydrogen (secondary N) is 1. The quantitative estimate of drug-likeness (QED) is 0.745. The zero-order valence-corrected chi connectivity index (χ0v) is 15.9. The van der Waals surface area contributed by atoms with Crippen LogP contribution in [0.3, 0.4) is 0 Å². The molecule has 1 aromatic carbocycles. The second-order valence-corrected chi connectivity index (χ2v) is 7.57. The van der Waals surface area contributed by atoms with Gasteiger partial charge in [0.2, 0.25) is 5.12 Å². The molecule has 0 unspecified atom stereocenters. The first-order valence-corrected chi connectivity index (χ1v) is 9.05. The number of hydrogen-bond donors (Lipinski definition) is 1. The fraction of sp³-hybridized carbons (Fsp3) is 0.500. The van der Waals surface area contributed by atoms with Gasteiger partial charge in [-0.3, -0.25) is 9.59 Å². The van der Waals surface area contributed by atoms with Gasteiger partial charge in [0, 0.05) is 0 Å². The summed E-state index contributed by atoms with van der Waals surface area (Å²) in [6.45, 7) is 7.12. The lowest BCUT2D eigenvalue weighted by molar-refractivity contribution is -0.155. The van der Waals surface area contributed by atoms with E-state index in [-0.39, 0.29) is 18.1 Å². The number of esters is 1. The highest BCUT2D eigenvalue weighted by molar-refractivity contribution is 8.13. The Balaban J connectivity index is 2.61. The predicted molar refractivity (Wildman–Crippen MR) is 97.2 cm³/mol. The summed E-state index contributed by atoms with van der Waals surface area (Å²) in [6.07, 6.45) is -0.980. The van der Waals surface area contributed by atoms with Gasteiger partial charge >= 0.3 is 12.1 Å². The van der Waals surface area contributed by atoms with Crippen molar-refractivity contribution in [2.24, 2.45) is 0 Å². The van der Waals surface area contributed by atoms with Crippen molar-refractivity contribution in [1.29, 1.82) is 0 Å². The van der Waals surface area contributed by atoms with E-state index in [0.717, 1.165) is 17.3 Å². The van der Waals surface area contributed by atoms with Crippen molar-refractivity contribution in [3.05, 3.63) is 35.9 Å². The molecule has 0 aliphatic rings. The van der Waals surface area contributed by atoms with Crippen LogP contribution < -0.4 is 5.32 Å². The van der Waals surface area contributed by atoms with Gasteiger partial charge < -0.3 is 14.8 Å². The fourth-order valence-electron chi connectivity index (χ4n) is 1.89. The smallest absolute Gasteiger partial charge is 0.408 e. The van der Waals surface area contributed by atoms with E-state index in [1.54, 1.807) is 20.8 Å².